The standard InChI is InChI=1S/C17H25ClN2O/c1-5-14(6-2)20-15(12-9-8-10-13(18)11-12)19-17(4,7-3)16(20)21/h8-11,14-15,19H,5-7H2,1-4H3. The van der Waals surface area contributed by atoms with Gasteiger partial charge < -0.3 is 4.90 Å². The van der Waals surface area contributed by atoms with Crippen LogP contribution in [0.15, 0.2) is 24.3 Å². The first-order valence-electron chi connectivity index (χ1n) is 7.82. The smallest absolute Gasteiger partial charge is 0.244 e. The minimum Gasteiger partial charge on any atom is -0.318 e. The van der Waals surface area contributed by atoms with Crippen molar-refractivity contribution in [2.24, 2.45) is 0 Å². The average Bonchev–Trinajstić information content (AvgIpc) is 2.75. The largest absolute Gasteiger partial charge is 0.318 e. The van der Waals surface area contributed by atoms with Crippen LogP contribution in [0.2, 0.25) is 5.02 Å². The fourth-order valence-electron chi connectivity index (χ4n) is 3.07. The first-order chi connectivity index (χ1) is 9.96. The highest BCUT2D eigenvalue weighted by Crippen LogP contribution is 2.36. The highest BCUT2D eigenvalue weighted by molar-refractivity contribution is 6.30. The van der Waals surface area contributed by atoms with E-state index in [1.165, 1.54) is 0 Å². The van der Waals surface area contributed by atoms with E-state index in [1.54, 1.807) is 0 Å². The molecule has 0 spiro atoms. The molecule has 1 aromatic rings. The fourth-order valence-corrected chi connectivity index (χ4v) is 3.27. The van der Waals surface area contributed by atoms with Crippen LogP contribution in [0.3, 0.4) is 0 Å². The molecule has 1 aliphatic rings. The summed E-state index contributed by atoms with van der Waals surface area (Å²) in [6, 6.07) is 8.04. The molecule has 2 rings (SSSR count). The molecule has 0 bridgehead atoms. The van der Waals surface area contributed by atoms with E-state index in [-0.39, 0.29) is 18.1 Å². The molecule has 0 aromatic heterocycles. The summed E-state index contributed by atoms with van der Waals surface area (Å²) in [6.07, 6.45) is 2.60. The van der Waals surface area contributed by atoms with Crippen molar-refractivity contribution in [1.29, 1.82) is 0 Å². The molecule has 0 radical (unpaired) electrons. The highest BCUT2D eigenvalue weighted by atomic mass is 35.5. The molecule has 21 heavy (non-hydrogen) atoms. The van der Waals surface area contributed by atoms with Crippen LogP contribution in [-0.2, 0) is 4.79 Å². The third-order valence-corrected chi connectivity index (χ3v) is 4.88. The maximum Gasteiger partial charge on any atom is 0.244 e. The molecule has 1 heterocycles. The van der Waals surface area contributed by atoms with Gasteiger partial charge in [-0.2, -0.15) is 0 Å². The number of hydrogen-bond donors (Lipinski definition) is 1. The zero-order chi connectivity index (χ0) is 15.6. The number of hydrogen-bond acceptors (Lipinski definition) is 2. The lowest BCUT2D eigenvalue weighted by molar-refractivity contribution is -0.135. The van der Waals surface area contributed by atoms with Gasteiger partial charge in [0.15, 0.2) is 0 Å². The second-order valence-corrected chi connectivity index (χ2v) is 6.41. The number of rotatable bonds is 5. The molecule has 1 N–H and O–H groups in total. The van der Waals surface area contributed by atoms with Gasteiger partial charge in [-0.05, 0) is 43.9 Å². The van der Waals surface area contributed by atoms with Gasteiger partial charge in [-0.3, -0.25) is 10.1 Å². The Hall–Kier alpha value is -1.06. The molecule has 1 saturated heterocycles. The number of carbonyl (C=O) groups is 1. The Morgan fingerprint density at radius 3 is 2.52 bits per heavy atom. The molecule has 116 valence electrons. The van der Waals surface area contributed by atoms with Gasteiger partial charge in [0.2, 0.25) is 5.91 Å². The van der Waals surface area contributed by atoms with Gasteiger partial charge in [0.1, 0.15) is 6.17 Å². The Balaban J connectivity index is 2.43. The van der Waals surface area contributed by atoms with E-state index in [2.05, 4.69) is 26.1 Å². The van der Waals surface area contributed by atoms with Gasteiger partial charge >= 0.3 is 0 Å². The molecule has 1 amide bonds. The zero-order valence-corrected chi connectivity index (χ0v) is 14.1. The highest BCUT2D eigenvalue weighted by Gasteiger charge is 2.48. The third kappa shape index (κ3) is 2.95. The Bertz CT molecular complexity index is 515. The Labute approximate surface area is 132 Å². The zero-order valence-electron chi connectivity index (χ0n) is 13.3. The number of nitrogens with zero attached hydrogens (tertiary/aromatic N) is 1. The van der Waals surface area contributed by atoms with Crippen LogP contribution in [0.5, 0.6) is 0 Å². The van der Waals surface area contributed by atoms with Gasteiger partial charge in [-0.15, -0.1) is 0 Å². The Kier molecular flexibility index (Phi) is 4.95. The van der Waals surface area contributed by atoms with E-state index in [0.29, 0.717) is 5.02 Å². The van der Waals surface area contributed by atoms with Crippen molar-refractivity contribution in [3.05, 3.63) is 34.9 Å². The summed E-state index contributed by atoms with van der Waals surface area (Å²) in [6.45, 7) is 8.32. The van der Waals surface area contributed by atoms with Gasteiger partial charge in [0, 0.05) is 11.1 Å². The maximum absolute atomic E-state index is 12.9. The monoisotopic (exact) mass is 308 g/mol. The summed E-state index contributed by atoms with van der Waals surface area (Å²) < 4.78 is 0. The number of halogens is 1. The first-order valence-corrected chi connectivity index (χ1v) is 8.20. The maximum atomic E-state index is 12.9. The first kappa shape index (κ1) is 16.3. The van der Waals surface area contributed by atoms with E-state index in [4.69, 9.17) is 11.6 Å². The fraction of sp³-hybridized carbons (Fsp3) is 0.588. The van der Waals surface area contributed by atoms with Crippen LogP contribution in [0, 0.1) is 0 Å². The minimum absolute atomic E-state index is 0.0916. The second kappa shape index (κ2) is 6.37. The van der Waals surface area contributed by atoms with Crippen LogP contribution in [0.25, 0.3) is 0 Å². The predicted octanol–water partition coefficient (Wildman–Crippen LogP) is 4.13. The van der Waals surface area contributed by atoms with Crippen LogP contribution in [-0.4, -0.2) is 22.4 Å². The van der Waals surface area contributed by atoms with Crippen molar-refractivity contribution in [3.63, 3.8) is 0 Å². The summed E-state index contributed by atoms with van der Waals surface area (Å²) in [5, 5.41) is 4.23. The van der Waals surface area contributed by atoms with Gasteiger partial charge in [0.25, 0.3) is 0 Å². The lowest BCUT2D eigenvalue weighted by atomic mass is 9.98. The molecular weight excluding hydrogens is 284 g/mol. The second-order valence-electron chi connectivity index (χ2n) is 5.97. The van der Waals surface area contributed by atoms with E-state index in [9.17, 15) is 4.79 Å². The molecule has 0 aliphatic carbocycles. The summed E-state index contributed by atoms with van der Waals surface area (Å²) in [4.78, 5) is 14.9. The van der Waals surface area contributed by atoms with Crippen molar-refractivity contribution < 1.29 is 4.79 Å². The number of carbonyl (C=O) groups excluding carboxylic acids is 1. The molecule has 2 unspecified atom stereocenters. The Morgan fingerprint density at radius 1 is 1.33 bits per heavy atom. The van der Waals surface area contributed by atoms with Crippen molar-refractivity contribution in [1.82, 2.24) is 10.2 Å². The van der Waals surface area contributed by atoms with Crippen molar-refractivity contribution in [3.8, 4) is 0 Å². The number of benzene rings is 1. The lowest BCUT2D eigenvalue weighted by Crippen LogP contribution is -2.44. The van der Waals surface area contributed by atoms with Gasteiger partial charge in [-0.25, -0.2) is 0 Å². The SMILES string of the molecule is CCC(CC)N1C(=O)C(C)(CC)NC1c1cccc(Cl)c1. The number of nitrogens with one attached hydrogen (secondary N) is 1. The predicted molar refractivity (Wildman–Crippen MR) is 87.2 cm³/mol. The summed E-state index contributed by atoms with van der Waals surface area (Å²) in [5.74, 6) is 0.198. The number of amides is 1. The molecule has 2 atom stereocenters. The van der Waals surface area contributed by atoms with E-state index >= 15 is 0 Å². The Morgan fingerprint density at radius 2 is 2.00 bits per heavy atom. The van der Waals surface area contributed by atoms with Crippen molar-refractivity contribution in [2.75, 3.05) is 0 Å². The molecule has 0 saturated carbocycles. The normalized spacial score (nSPS) is 25.9. The van der Waals surface area contributed by atoms with Gasteiger partial charge in [0.05, 0.1) is 5.54 Å². The molecule has 1 fully saturated rings. The summed E-state index contributed by atoms with van der Waals surface area (Å²) >= 11 is 6.13. The minimum atomic E-state index is -0.491. The van der Waals surface area contributed by atoms with E-state index in [1.807, 2.05) is 36.1 Å². The average molecular weight is 309 g/mol. The van der Waals surface area contributed by atoms with Crippen LogP contribution >= 0.6 is 11.6 Å². The third-order valence-electron chi connectivity index (χ3n) is 4.65. The van der Waals surface area contributed by atoms with Crippen LogP contribution in [0.4, 0.5) is 0 Å². The molecule has 1 aliphatic heterocycles. The van der Waals surface area contributed by atoms with E-state index < -0.39 is 5.54 Å². The topological polar surface area (TPSA) is 32.3 Å². The quantitative estimate of drug-likeness (QED) is 0.887. The molecule has 4 heteroatoms. The van der Waals surface area contributed by atoms with Crippen LogP contribution < -0.4 is 5.32 Å². The molecule has 3 nitrogen and oxygen atoms in total. The van der Waals surface area contributed by atoms with Gasteiger partial charge in [-0.1, -0.05) is 44.5 Å². The molecule has 1 aromatic carbocycles. The summed E-state index contributed by atoms with van der Waals surface area (Å²) in [7, 11) is 0. The van der Waals surface area contributed by atoms with E-state index in [0.717, 1.165) is 24.8 Å². The van der Waals surface area contributed by atoms with Crippen molar-refractivity contribution >= 4 is 17.5 Å². The lowest BCUT2D eigenvalue weighted by Gasteiger charge is -2.32. The van der Waals surface area contributed by atoms with Crippen molar-refractivity contribution in [2.45, 2.75) is 64.7 Å². The summed E-state index contributed by atoms with van der Waals surface area (Å²) in [5.41, 5.74) is 0.565. The molecular formula is C17H25ClN2O. The van der Waals surface area contributed by atoms with Crippen LogP contribution in [0.1, 0.15) is 58.7 Å².